The smallest absolute Gasteiger partial charge is 0.137 e. The van der Waals surface area contributed by atoms with Crippen molar-refractivity contribution in [1.29, 1.82) is 0 Å². The van der Waals surface area contributed by atoms with Crippen LogP contribution in [0.25, 0.3) is 0 Å². The summed E-state index contributed by atoms with van der Waals surface area (Å²) in [6.07, 6.45) is 2.93. The quantitative estimate of drug-likeness (QED) is 0.801. The largest absolute Gasteiger partial charge is 0.394 e. The Morgan fingerprint density at radius 1 is 1.47 bits per heavy atom. The van der Waals surface area contributed by atoms with Crippen LogP contribution in [0, 0.1) is 6.92 Å². The zero-order valence-corrected chi connectivity index (χ0v) is 10.5. The van der Waals surface area contributed by atoms with Crippen molar-refractivity contribution >= 4 is 17.4 Å². The summed E-state index contributed by atoms with van der Waals surface area (Å²) in [5.41, 5.74) is 0.439. The molecular weight excluding hydrogens is 242 g/mol. The molecule has 1 aromatic heterocycles. The van der Waals surface area contributed by atoms with Gasteiger partial charge in [0.05, 0.1) is 12.1 Å². The number of aliphatic hydroxyl groups excluding tert-OH is 1. The second-order valence-electron chi connectivity index (χ2n) is 4.31. The van der Waals surface area contributed by atoms with Crippen molar-refractivity contribution in [1.82, 2.24) is 9.97 Å². The summed E-state index contributed by atoms with van der Waals surface area (Å²) in [5.74, 6) is 0.681. The third-order valence-corrected chi connectivity index (χ3v) is 3.54. The lowest BCUT2D eigenvalue weighted by Crippen LogP contribution is -2.47. The molecule has 0 saturated carbocycles. The van der Waals surface area contributed by atoms with E-state index in [2.05, 4.69) is 15.3 Å². The molecule has 0 bridgehead atoms. The van der Waals surface area contributed by atoms with Crippen molar-refractivity contribution in [3.05, 3.63) is 17.0 Å². The third-order valence-electron chi connectivity index (χ3n) is 3.16. The molecule has 1 aliphatic heterocycles. The highest BCUT2D eigenvalue weighted by atomic mass is 35.5. The minimum atomic E-state index is -0.360. The van der Waals surface area contributed by atoms with E-state index in [1.54, 1.807) is 0 Å². The van der Waals surface area contributed by atoms with Crippen LogP contribution in [0.5, 0.6) is 0 Å². The molecule has 0 atom stereocenters. The molecule has 1 saturated heterocycles. The first-order valence-corrected chi connectivity index (χ1v) is 5.98. The highest BCUT2D eigenvalue weighted by Gasteiger charge is 2.32. The molecule has 2 heterocycles. The minimum Gasteiger partial charge on any atom is -0.394 e. The Morgan fingerprint density at radius 3 is 2.82 bits per heavy atom. The number of halogens is 1. The molecular formula is C11H16ClN3O2. The van der Waals surface area contributed by atoms with Gasteiger partial charge in [-0.3, -0.25) is 0 Å². The molecule has 1 aromatic rings. The Bertz CT molecular complexity index is 394. The number of ether oxygens (including phenoxy) is 1. The molecule has 0 aliphatic carbocycles. The molecule has 1 aliphatic rings. The van der Waals surface area contributed by atoms with Gasteiger partial charge in [-0.25, -0.2) is 9.97 Å². The highest BCUT2D eigenvalue weighted by molar-refractivity contribution is 6.30. The summed E-state index contributed by atoms with van der Waals surface area (Å²) in [6.45, 7) is 3.20. The van der Waals surface area contributed by atoms with Gasteiger partial charge < -0.3 is 15.2 Å². The first-order chi connectivity index (χ1) is 8.17. The Hall–Kier alpha value is -0.910. The molecule has 94 valence electrons. The molecule has 6 heteroatoms. The van der Waals surface area contributed by atoms with E-state index >= 15 is 0 Å². The summed E-state index contributed by atoms with van der Waals surface area (Å²) in [4.78, 5) is 8.08. The number of nitrogens with zero attached hydrogens (tertiary/aromatic N) is 2. The maximum atomic E-state index is 9.57. The zero-order valence-electron chi connectivity index (χ0n) is 9.74. The van der Waals surface area contributed by atoms with Gasteiger partial charge in [-0.1, -0.05) is 11.6 Å². The summed E-state index contributed by atoms with van der Waals surface area (Å²) < 4.78 is 5.31. The molecule has 0 radical (unpaired) electrons. The van der Waals surface area contributed by atoms with Crippen LogP contribution in [0.15, 0.2) is 6.33 Å². The van der Waals surface area contributed by atoms with Crippen LogP contribution in [-0.4, -0.2) is 40.4 Å². The normalized spacial score (nSPS) is 19.0. The molecule has 17 heavy (non-hydrogen) atoms. The summed E-state index contributed by atoms with van der Waals surface area (Å²) in [5, 5.41) is 13.3. The number of rotatable bonds is 3. The lowest BCUT2D eigenvalue weighted by atomic mass is 9.91. The van der Waals surface area contributed by atoms with Crippen molar-refractivity contribution < 1.29 is 9.84 Å². The molecule has 0 amide bonds. The van der Waals surface area contributed by atoms with E-state index < -0.39 is 0 Å². The number of hydrogen-bond donors (Lipinski definition) is 2. The summed E-state index contributed by atoms with van der Waals surface area (Å²) in [7, 11) is 0. The molecule has 1 fully saturated rings. The highest BCUT2D eigenvalue weighted by Crippen LogP contribution is 2.27. The van der Waals surface area contributed by atoms with Crippen molar-refractivity contribution in [3.8, 4) is 0 Å². The van der Waals surface area contributed by atoms with Crippen molar-refractivity contribution in [2.45, 2.75) is 25.3 Å². The van der Waals surface area contributed by atoms with E-state index in [0.717, 1.165) is 18.4 Å². The van der Waals surface area contributed by atoms with Gasteiger partial charge in [-0.05, 0) is 19.8 Å². The molecule has 2 rings (SSSR count). The van der Waals surface area contributed by atoms with Gasteiger partial charge >= 0.3 is 0 Å². The fourth-order valence-electron chi connectivity index (χ4n) is 1.89. The lowest BCUT2D eigenvalue weighted by molar-refractivity contribution is 0.0378. The third kappa shape index (κ3) is 2.68. The van der Waals surface area contributed by atoms with E-state index in [9.17, 15) is 5.11 Å². The van der Waals surface area contributed by atoms with E-state index in [0.29, 0.717) is 24.2 Å². The number of aromatic nitrogens is 2. The summed E-state index contributed by atoms with van der Waals surface area (Å²) in [6, 6.07) is 0. The van der Waals surface area contributed by atoms with Crippen LogP contribution < -0.4 is 5.32 Å². The fraction of sp³-hybridized carbons (Fsp3) is 0.636. The van der Waals surface area contributed by atoms with Gasteiger partial charge in [-0.15, -0.1) is 0 Å². The first-order valence-electron chi connectivity index (χ1n) is 5.61. The monoisotopic (exact) mass is 257 g/mol. The van der Waals surface area contributed by atoms with Crippen LogP contribution in [0.4, 0.5) is 5.82 Å². The predicted molar refractivity (Wildman–Crippen MR) is 65.3 cm³/mol. The van der Waals surface area contributed by atoms with Crippen LogP contribution in [0.3, 0.4) is 0 Å². The molecule has 0 unspecified atom stereocenters. The van der Waals surface area contributed by atoms with Gasteiger partial charge in [0.2, 0.25) is 0 Å². The second-order valence-corrected chi connectivity index (χ2v) is 4.67. The van der Waals surface area contributed by atoms with Gasteiger partial charge in [0.15, 0.2) is 0 Å². The van der Waals surface area contributed by atoms with Gasteiger partial charge in [0.25, 0.3) is 0 Å². The second kappa shape index (κ2) is 5.16. The Morgan fingerprint density at radius 2 is 2.18 bits per heavy atom. The SMILES string of the molecule is Cc1c(Cl)ncnc1NC1(CO)CCOCC1. The van der Waals surface area contributed by atoms with E-state index in [1.165, 1.54) is 6.33 Å². The topological polar surface area (TPSA) is 67.3 Å². The van der Waals surface area contributed by atoms with Gasteiger partial charge in [-0.2, -0.15) is 0 Å². The average molecular weight is 258 g/mol. The molecule has 0 spiro atoms. The van der Waals surface area contributed by atoms with Crippen LogP contribution >= 0.6 is 11.6 Å². The van der Waals surface area contributed by atoms with Crippen molar-refractivity contribution in [3.63, 3.8) is 0 Å². The number of nitrogens with one attached hydrogen (secondary N) is 1. The Kier molecular flexibility index (Phi) is 3.81. The zero-order chi connectivity index (χ0) is 12.3. The van der Waals surface area contributed by atoms with Crippen LogP contribution in [-0.2, 0) is 4.74 Å². The maximum absolute atomic E-state index is 9.57. The van der Waals surface area contributed by atoms with E-state index in [4.69, 9.17) is 16.3 Å². The van der Waals surface area contributed by atoms with Crippen molar-refractivity contribution in [2.24, 2.45) is 0 Å². The number of aliphatic hydroxyl groups is 1. The maximum Gasteiger partial charge on any atom is 0.137 e. The number of anilines is 1. The van der Waals surface area contributed by atoms with Gasteiger partial charge in [0, 0.05) is 18.8 Å². The van der Waals surface area contributed by atoms with E-state index in [1.807, 2.05) is 6.92 Å². The molecule has 5 nitrogen and oxygen atoms in total. The van der Waals surface area contributed by atoms with Crippen molar-refractivity contribution in [2.75, 3.05) is 25.1 Å². The Balaban J connectivity index is 2.20. The Labute approximate surface area is 105 Å². The average Bonchev–Trinajstić information content (AvgIpc) is 2.36. The van der Waals surface area contributed by atoms with E-state index in [-0.39, 0.29) is 12.1 Å². The molecule has 2 N–H and O–H groups in total. The fourth-order valence-corrected chi connectivity index (χ4v) is 2.02. The molecule has 0 aromatic carbocycles. The summed E-state index contributed by atoms with van der Waals surface area (Å²) >= 11 is 5.94. The van der Waals surface area contributed by atoms with Crippen LogP contribution in [0.1, 0.15) is 18.4 Å². The van der Waals surface area contributed by atoms with Gasteiger partial charge in [0.1, 0.15) is 17.3 Å². The standard InChI is InChI=1S/C11H16ClN3O2/c1-8-9(12)13-7-14-10(8)15-11(6-16)2-4-17-5-3-11/h7,16H,2-6H2,1H3,(H,13,14,15). The first kappa shape index (κ1) is 12.5. The minimum absolute atomic E-state index is 0.0530. The van der Waals surface area contributed by atoms with Crippen LogP contribution in [0.2, 0.25) is 5.15 Å². The lowest BCUT2D eigenvalue weighted by Gasteiger charge is -2.37. The number of hydrogen-bond acceptors (Lipinski definition) is 5. The predicted octanol–water partition coefficient (Wildman–Crippen LogP) is 1.39.